The Morgan fingerprint density at radius 2 is 1.94 bits per heavy atom. The van der Waals surface area contributed by atoms with E-state index in [4.69, 9.17) is 11.0 Å². The lowest BCUT2D eigenvalue weighted by Crippen LogP contribution is -2.10. The van der Waals surface area contributed by atoms with Crippen molar-refractivity contribution < 1.29 is 17.6 Å². The first-order valence-electron chi connectivity index (χ1n) is 4.03. The molecule has 1 rings (SSSR count). The summed E-state index contributed by atoms with van der Waals surface area (Å²) in [5.41, 5.74) is 2.73. The van der Waals surface area contributed by atoms with E-state index in [0.717, 1.165) is 6.07 Å². The molecule has 0 radical (unpaired) electrons. The fraction of sp³-hybridized carbons (Fsp3) is 0.100. The molecule has 0 spiro atoms. The summed E-state index contributed by atoms with van der Waals surface area (Å²) in [5.74, 6) is -1.09. The van der Waals surface area contributed by atoms with Gasteiger partial charge in [-0.25, -0.2) is 4.39 Å². The number of hydrogen-bond donors (Lipinski definition) is 1. The van der Waals surface area contributed by atoms with Gasteiger partial charge in [0.2, 0.25) is 0 Å². The van der Waals surface area contributed by atoms with E-state index in [-0.39, 0.29) is 5.69 Å². The van der Waals surface area contributed by atoms with Gasteiger partial charge in [-0.15, -0.1) is 0 Å². The molecular weight excluding hydrogens is 224 g/mol. The van der Waals surface area contributed by atoms with Crippen LogP contribution in [-0.2, 0) is 0 Å². The number of rotatable bonds is 1. The molecule has 0 bridgehead atoms. The Morgan fingerprint density at radius 1 is 1.38 bits per heavy atom. The molecule has 84 valence electrons. The van der Waals surface area contributed by atoms with Gasteiger partial charge in [-0.05, 0) is 17.7 Å². The zero-order chi connectivity index (χ0) is 12.5. The largest absolute Gasteiger partial charge is 0.416 e. The highest BCUT2D eigenvalue weighted by molar-refractivity contribution is 5.72. The topological polar surface area (TPSA) is 49.8 Å². The lowest BCUT2D eigenvalue weighted by molar-refractivity contribution is -0.0686. The van der Waals surface area contributed by atoms with Gasteiger partial charge in [-0.3, -0.25) is 0 Å². The first-order chi connectivity index (χ1) is 7.27. The van der Waals surface area contributed by atoms with E-state index in [9.17, 15) is 17.6 Å². The van der Waals surface area contributed by atoms with Crippen molar-refractivity contribution >= 4 is 11.3 Å². The van der Waals surface area contributed by atoms with Crippen LogP contribution in [0.15, 0.2) is 18.7 Å². The lowest BCUT2D eigenvalue weighted by atomic mass is 10.0. The normalized spacial score (nSPS) is 10.9. The number of nitriles is 1. The fourth-order valence-corrected chi connectivity index (χ4v) is 1.08. The summed E-state index contributed by atoms with van der Waals surface area (Å²) in [5, 5.41) is 8.47. The minimum Gasteiger partial charge on any atom is -0.398 e. The zero-order valence-corrected chi connectivity index (χ0v) is 7.90. The van der Waals surface area contributed by atoms with Crippen molar-refractivity contribution in [1.82, 2.24) is 0 Å². The van der Waals surface area contributed by atoms with Gasteiger partial charge >= 0.3 is 6.18 Å². The van der Waals surface area contributed by atoms with Crippen LogP contribution in [0.3, 0.4) is 0 Å². The minimum atomic E-state index is -4.66. The third-order valence-electron chi connectivity index (χ3n) is 1.92. The monoisotopic (exact) mass is 230 g/mol. The van der Waals surface area contributed by atoms with Crippen molar-refractivity contribution in [1.29, 1.82) is 5.26 Å². The Hall–Kier alpha value is -2.03. The molecule has 1 aromatic carbocycles. The summed E-state index contributed by atoms with van der Waals surface area (Å²) in [6.07, 6.45) is -4.66. The quantitative estimate of drug-likeness (QED) is 0.595. The number of allylic oxidation sites excluding steroid dienone is 1. The summed E-state index contributed by atoms with van der Waals surface area (Å²) in [6, 6.07) is 2.92. The number of alkyl halides is 3. The van der Waals surface area contributed by atoms with Crippen LogP contribution in [0.1, 0.15) is 11.1 Å². The number of halogens is 4. The van der Waals surface area contributed by atoms with Crippen molar-refractivity contribution in [2.24, 2.45) is 0 Å². The van der Waals surface area contributed by atoms with Gasteiger partial charge in [0.1, 0.15) is 17.4 Å². The van der Waals surface area contributed by atoms with E-state index in [1.54, 1.807) is 0 Å². The number of benzene rings is 1. The second-order valence-electron chi connectivity index (χ2n) is 3.01. The van der Waals surface area contributed by atoms with Crippen LogP contribution in [0.2, 0.25) is 0 Å². The van der Waals surface area contributed by atoms with Crippen LogP contribution in [0.4, 0.5) is 23.2 Å². The van der Waals surface area contributed by atoms with Gasteiger partial charge in [0.05, 0.1) is 11.3 Å². The molecule has 16 heavy (non-hydrogen) atoms. The van der Waals surface area contributed by atoms with Crippen LogP contribution >= 0.6 is 0 Å². The third kappa shape index (κ3) is 2.14. The van der Waals surface area contributed by atoms with E-state index >= 15 is 0 Å². The van der Waals surface area contributed by atoms with Gasteiger partial charge in [0.25, 0.3) is 0 Å². The van der Waals surface area contributed by atoms with Crippen molar-refractivity contribution in [3.8, 4) is 6.07 Å². The first kappa shape index (κ1) is 12.0. The van der Waals surface area contributed by atoms with Crippen LogP contribution in [0, 0.1) is 17.1 Å². The maximum Gasteiger partial charge on any atom is 0.416 e. The third-order valence-corrected chi connectivity index (χ3v) is 1.92. The highest BCUT2D eigenvalue weighted by Crippen LogP contribution is 2.34. The predicted octanol–water partition coefficient (Wildman–Crippen LogP) is 2.86. The van der Waals surface area contributed by atoms with Crippen LogP contribution in [-0.4, -0.2) is 6.18 Å². The predicted molar refractivity (Wildman–Crippen MR) is 50.6 cm³/mol. The molecule has 0 fully saturated rings. The number of nitrogens with two attached hydrogens (primary N) is 1. The first-order valence-corrected chi connectivity index (χ1v) is 4.03. The van der Waals surface area contributed by atoms with Crippen molar-refractivity contribution in [3.63, 3.8) is 0 Å². The second-order valence-corrected chi connectivity index (χ2v) is 3.01. The maximum atomic E-state index is 13.1. The van der Waals surface area contributed by atoms with Crippen molar-refractivity contribution in [2.75, 3.05) is 5.73 Å². The van der Waals surface area contributed by atoms with Gasteiger partial charge in [0.15, 0.2) is 0 Å². The van der Waals surface area contributed by atoms with E-state index in [2.05, 4.69) is 6.58 Å². The molecule has 0 aliphatic carbocycles. The lowest BCUT2D eigenvalue weighted by Gasteiger charge is -2.11. The van der Waals surface area contributed by atoms with E-state index in [1.165, 1.54) is 6.07 Å². The Kier molecular flexibility index (Phi) is 2.90. The molecule has 0 saturated heterocycles. The summed E-state index contributed by atoms with van der Waals surface area (Å²) in [7, 11) is 0. The summed E-state index contributed by atoms with van der Waals surface area (Å²) in [6.45, 7) is 2.80. The molecule has 0 amide bonds. The average molecular weight is 230 g/mol. The number of nitrogen functional groups attached to an aromatic ring is 1. The molecule has 6 heteroatoms. The highest BCUT2D eigenvalue weighted by Gasteiger charge is 2.33. The van der Waals surface area contributed by atoms with Crippen LogP contribution < -0.4 is 5.73 Å². The van der Waals surface area contributed by atoms with Crippen molar-refractivity contribution in [3.05, 3.63) is 35.7 Å². The smallest absolute Gasteiger partial charge is 0.398 e. The van der Waals surface area contributed by atoms with E-state index in [0.29, 0.717) is 6.07 Å². The average Bonchev–Trinajstić information content (AvgIpc) is 2.14. The SMILES string of the molecule is C=C(c1cc(N)c(C#N)c(F)c1)C(F)(F)F. The molecule has 0 atom stereocenters. The molecule has 1 aromatic rings. The Labute approximate surface area is 88.6 Å². The Balaban J connectivity index is 3.31. The zero-order valence-electron chi connectivity index (χ0n) is 7.90. The maximum absolute atomic E-state index is 13.1. The molecular formula is C10H6F4N2. The number of nitrogens with zero attached hydrogens (tertiary/aromatic N) is 1. The minimum absolute atomic E-state index is 0.345. The summed E-state index contributed by atoms with van der Waals surface area (Å²) in [4.78, 5) is 0. The van der Waals surface area contributed by atoms with Gasteiger partial charge < -0.3 is 5.73 Å². The highest BCUT2D eigenvalue weighted by atomic mass is 19.4. The van der Waals surface area contributed by atoms with Gasteiger partial charge in [-0.2, -0.15) is 18.4 Å². The van der Waals surface area contributed by atoms with E-state index in [1.807, 2.05) is 0 Å². The Morgan fingerprint density at radius 3 is 2.31 bits per heavy atom. The second kappa shape index (κ2) is 3.85. The van der Waals surface area contributed by atoms with Crippen molar-refractivity contribution in [2.45, 2.75) is 6.18 Å². The molecule has 2 N–H and O–H groups in total. The molecule has 0 aliphatic heterocycles. The Bertz CT molecular complexity index is 460. The van der Waals surface area contributed by atoms with Gasteiger partial charge in [-0.1, -0.05) is 6.58 Å². The van der Waals surface area contributed by atoms with E-state index < -0.39 is 28.7 Å². The van der Waals surface area contributed by atoms with Crippen LogP contribution in [0.25, 0.3) is 5.57 Å². The summed E-state index contributed by atoms with van der Waals surface area (Å²) >= 11 is 0. The molecule has 0 unspecified atom stereocenters. The molecule has 0 aromatic heterocycles. The molecule has 0 heterocycles. The standard InChI is InChI=1S/C10H6F4N2/c1-5(10(12,13)14)6-2-8(11)7(4-15)9(16)3-6/h2-3H,1,16H2. The number of anilines is 1. The summed E-state index contributed by atoms with van der Waals surface area (Å²) < 4.78 is 49.9. The van der Waals surface area contributed by atoms with Crippen LogP contribution in [0.5, 0.6) is 0 Å². The molecule has 0 aliphatic rings. The fourth-order valence-electron chi connectivity index (χ4n) is 1.08. The molecule has 2 nitrogen and oxygen atoms in total. The molecule has 0 saturated carbocycles. The van der Waals surface area contributed by atoms with Gasteiger partial charge in [0, 0.05) is 0 Å². The number of hydrogen-bond acceptors (Lipinski definition) is 2.